The molecular weight excluding hydrogens is 314 g/mol. The molecule has 1 N–H and O–H groups in total. The number of anilines is 1. The molecule has 1 heterocycles. The van der Waals surface area contributed by atoms with Crippen LogP contribution in [0.5, 0.6) is 0 Å². The van der Waals surface area contributed by atoms with Gasteiger partial charge in [-0.25, -0.2) is 4.79 Å². The van der Waals surface area contributed by atoms with E-state index in [9.17, 15) is 9.59 Å². The van der Waals surface area contributed by atoms with Crippen molar-refractivity contribution < 1.29 is 9.21 Å². The Labute approximate surface area is 146 Å². The summed E-state index contributed by atoms with van der Waals surface area (Å²) in [5, 5.41) is 2.66. The maximum atomic E-state index is 12.4. The Morgan fingerprint density at radius 2 is 1.56 bits per heavy atom. The Morgan fingerprint density at radius 1 is 0.960 bits per heavy atom. The highest BCUT2D eigenvalue weighted by Gasteiger charge is 2.17. The van der Waals surface area contributed by atoms with Gasteiger partial charge in [0.1, 0.15) is 11.4 Å². The lowest BCUT2D eigenvalue weighted by Crippen LogP contribution is -2.18. The van der Waals surface area contributed by atoms with Crippen molar-refractivity contribution in [1.29, 1.82) is 0 Å². The molecule has 1 amide bonds. The first-order valence-corrected chi connectivity index (χ1v) is 8.16. The fraction of sp³-hybridized carbons (Fsp3) is 0.143. The molecule has 3 aromatic rings. The quantitative estimate of drug-likeness (QED) is 0.754. The highest BCUT2D eigenvalue weighted by molar-refractivity contribution is 6.04. The van der Waals surface area contributed by atoms with E-state index in [1.165, 1.54) is 0 Å². The number of hydrogen-bond donors (Lipinski definition) is 1. The molecule has 0 spiro atoms. The van der Waals surface area contributed by atoms with Crippen LogP contribution in [-0.2, 0) is 0 Å². The maximum Gasteiger partial charge on any atom is 0.360 e. The largest absolute Gasteiger partial charge is 0.421 e. The van der Waals surface area contributed by atoms with Crippen LogP contribution in [0.1, 0.15) is 35.7 Å². The summed E-state index contributed by atoms with van der Waals surface area (Å²) in [6.07, 6.45) is 0. The van der Waals surface area contributed by atoms with E-state index in [4.69, 9.17) is 4.42 Å². The molecule has 25 heavy (non-hydrogen) atoms. The van der Waals surface area contributed by atoms with E-state index in [2.05, 4.69) is 5.32 Å². The summed E-state index contributed by atoms with van der Waals surface area (Å²) < 4.78 is 5.55. The zero-order valence-corrected chi connectivity index (χ0v) is 14.2. The van der Waals surface area contributed by atoms with Gasteiger partial charge in [-0.05, 0) is 24.1 Å². The monoisotopic (exact) mass is 333 g/mol. The molecular formula is C21H19NO3. The van der Waals surface area contributed by atoms with E-state index in [1.54, 1.807) is 30.3 Å². The van der Waals surface area contributed by atoms with Gasteiger partial charge in [0.25, 0.3) is 5.91 Å². The van der Waals surface area contributed by atoms with E-state index in [0.29, 0.717) is 11.3 Å². The SMILES string of the molecule is CC(C)c1cc(NC(=O)c2ccccc2)c(=O)oc1-c1ccccc1. The first-order chi connectivity index (χ1) is 12.1. The summed E-state index contributed by atoms with van der Waals surface area (Å²) in [7, 11) is 0. The highest BCUT2D eigenvalue weighted by Crippen LogP contribution is 2.29. The molecule has 0 unspecified atom stereocenters. The van der Waals surface area contributed by atoms with Crippen molar-refractivity contribution >= 4 is 11.6 Å². The van der Waals surface area contributed by atoms with Gasteiger partial charge in [0.2, 0.25) is 0 Å². The minimum absolute atomic E-state index is 0.131. The lowest BCUT2D eigenvalue weighted by atomic mass is 9.98. The van der Waals surface area contributed by atoms with Crippen molar-refractivity contribution in [3.05, 3.63) is 88.3 Å². The predicted octanol–water partition coefficient (Wildman–Crippen LogP) is 4.68. The second kappa shape index (κ2) is 7.18. The number of amides is 1. The predicted molar refractivity (Wildman–Crippen MR) is 98.9 cm³/mol. The standard InChI is InChI=1S/C21H19NO3/c1-14(2)17-13-18(22-20(23)16-11-7-4-8-12-16)21(24)25-19(17)15-9-5-3-6-10-15/h3-14H,1-2H3,(H,22,23). The van der Waals surface area contributed by atoms with Crippen molar-refractivity contribution in [2.75, 3.05) is 5.32 Å². The Kier molecular flexibility index (Phi) is 4.80. The number of carbonyl (C=O) groups is 1. The summed E-state index contributed by atoms with van der Waals surface area (Å²) in [6.45, 7) is 4.04. The Balaban J connectivity index is 2.01. The molecule has 0 aliphatic rings. The van der Waals surface area contributed by atoms with Crippen LogP contribution in [0.4, 0.5) is 5.69 Å². The van der Waals surface area contributed by atoms with Crippen LogP contribution in [0, 0.1) is 0 Å². The minimum Gasteiger partial charge on any atom is -0.421 e. The smallest absolute Gasteiger partial charge is 0.360 e. The van der Waals surface area contributed by atoms with E-state index in [-0.39, 0.29) is 17.5 Å². The molecule has 1 aromatic heterocycles. The molecule has 0 bridgehead atoms. The van der Waals surface area contributed by atoms with E-state index < -0.39 is 5.63 Å². The minimum atomic E-state index is -0.562. The molecule has 0 atom stereocenters. The van der Waals surface area contributed by atoms with Crippen LogP contribution in [0.3, 0.4) is 0 Å². The molecule has 2 aromatic carbocycles. The average Bonchev–Trinajstić information content (AvgIpc) is 2.64. The van der Waals surface area contributed by atoms with Crippen molar-refractivity contribution in [1.82, 2.24) is 0 Å². The molecule has 0 radical (unpaired) electrons. The number of benzene rings is 2. The summed E-state index contributed by atoms with van der Waals surface area (Å²) in [5.41, 5.74) is 1.78. The molecule has 0 aliphatic heterocycles. The summed E-state index contributed by atoms with van der Waals surface area (Å²) in [6, 6.07) is 20.0. The van der Waals surface area contributed by atoms with Crippen molar-refractivity contribution in [2.24, 2.45) is 0 Å². The van der Waals surface area contributed by atoms with Gasteiger partial charge >= 0.3 is 5.63 Å². The molecule has 0 fully saturated rings. The Morgan fingerprint density at radius 3 is 2.16 bits per heavy atom. The van der Waals surface area contributed by atoms with Crippen LogP contribution in [0.2, 0.25) is 0 Å². The fourth-order valence-electron chi connectivity index (χ4n) is 2.60. The van der Waals surface area contributed by atoms with Crippen molar-refractivity contribution in [3.8, 4) is 11.3 Å². The van der Waals surface area contributed by atoms with Gasteiger partial charge in [0.05, 0.1) is 0 Å². The van der Waals surface area contributed by atoms with Crippen LogP contribution in [-0.4, -0.2) is 5.91 Å². The van der Waals surface area contributed by atoms with Crippen LogP contribution < -0.4 is 10.9 Å². The molecule has 4 heteroatoms. The lowest BCUT2D eigenvalue weighted by Gasteiger charge is -2.13. The number of carbonyl (C=O) groups excluding carboxylic acids is 1. The number of hydrogen-bond acceptors (Lipinski definition) is 3. The van der Waals surface area contributed by atoms with Crippen molar-refractivity contribution in [2.45, 2.75) is 19.8 Å². The summed E-state index contributed by atoms with van der Waals surface area (Å²) >= 11 is 0. The second-order valence-corrected chi connectivity index (χ2v) is 6.07. The fourth-order valence-corrected chi connectivity index (χ4v) is 2.60. The summed E-state index contributed by atoms with van der Waals surface area (Å²) in [5.74, 6) is 0.334. The average molecular weight is 333 g/mol. The first kappa shape index (κ1) is 16.7. The van der Waals surface area contributed by atoms with Gasteiger partial charge in [-0.15, -0.1) is 0 Å². The van der Waals surface area contributed by atoms with Gasteiger partial charge < -0.3 is 9.73 Å². The van der Waals surface area contributed by atoms with Crippen LogP contribution in [0.15, 0.2) is 75.9 Å². The van der Waals surface area contributed by atoms with Crippen LogP contribution in [0.25, 0.3) is 11.3 Å². The van der Waals surface area contributed by atoms with Gasteiger partial charge in [-0.2, -0.15) is 0 Å². The maximum absolute atomic E-state index is 12.4. The van der Waals surface area contributed by atoms with E-state index >= 15 is 0 Å². The van der Waals surface area contributed by atoms with Gasteiger partial charge in [0.15, 0.2) is 0 Å². The number of nitrogens with one attached hydrogen (secondary N) is 1. The van der Waals surface area contributed by atoms with Crippen LogP contribution >= 0.6 is 0 Å². The lowest BCUT2D eigenvalue weighted by molar-refractivity contribution is 0.102. The van der Waals surface area contributed by atoms with Gasteiger partial charge in [-0.3, -0.25) is 4.79 Å². The van der Waals surface area contributed by atoms with E-state index in [1.807, 2.05) is 50.2 Å². The Hall–Kier alpha value is -3.14. The third-order valence-corrected chi connectivity index (χ3v) is 3.92. The zero-order valence-electron chi connectivity index (χ0n) is 14.2. The normalized spacial score (nSPS) is 10.7. The van der Waals surface area contributed by atoms with E-state index in [0.717, 1.165) is 11.1 Å². The molecule has 0 saturated carbocycles. The third-order valence-electron chi connectivity index (χ3n) is 3.92. The highest BCUT2D eigenvalue weighted by atomic mass is 16.4. The molecule has 0 aliphatic carbocycles. The second-order valence-electron chi connectivity index (χ2n) is 6.07. The Bertz CT molecular complexity index is 928. The molecule has 4 nitrogen and oxygen atoms in total. The van der Waals surface area contributed by atoms with Gasteiger partial charge in [-0.1, -0.05) is 62.4 Å². The molecule has 3 rings (SSSR count). The first-order valence-electron chi connectivity index (χ1n) is 8.16. The number of rotatable bonds is 4. The van der Waals surface area contributed by atoms with Crippen molar-refractivity contribution in [3.63, 3.8) is 0 Å². The van der Waals surface area contributed by atoms with Gasteiger partial charge in [0, 0.05) is 16.7 Å². The zero-order chi connectivity index (χ0) is 17.8. The summed E-state index contributed by atoms with van der Waals surface area (Å²) in [4.78, 5) is 24.7. The third kappa shape index (κ3) is 3.69. The topological polar surface area (TPSA) is 59.3 Å². The molecule has 0 saturated heterocycles. The molecule has 126 valence electrons.